The van der Waals surface area contributed by atoms with E-state index < -0.39 is 0 Å². The van der Waals surface area contributed by atoms with Crippen LogP contribution in [0.25, 0.3) is 0 Å². The van der Waals surface area contributed by atoms with E-state index in [0.717, 1.165) is 12.0 Å². The second-order valence-corrected chi connectivity index (χ2v) is 6.47. The summed E-state index contributed by atoms with van der Waals surface area (Å²) in [6, 6.07) is 8.53. The molecule has 3 rings (SSSR count). The van der Waals surface area contributed by atoms with Gasteiger partial charge in [0, 0.05) is 6.42 Å². The number of rotatable bonds is 3. The van der Waals surface area contributed by atoms with Crippen LogP contribution >= 0.6 is 34.8 Å². The zero-order chi connectivity index (χ0) is 17.1. The molecule has 0 aliphatic carbocycles. The number of carbonyl (C=O) groups excluding carboxylic acids is 1. The van der Waals surface area contributed by atoms with Crippen molar-refractivity contribution in [2.75, 3.05) is 18.5 Å². The van der Waals surface area contributed by atoms with E-state index >= 15 is 0 Å². The van der Waals surface area contributed by atoms with E-state index in [4.69, 9.17) is 44.3 Å². The lowest BCUT2D eigenvalue weighted by molar-refractivity contribution is -0.115. The number of amides is 1. The van der Waals surface area contributed by atoms with Crippen LogP contribution in [-0.2, 0) is 11.2 Å². The van der Waals surface area contributed by atoms with Gasteiger partial charge in [0.15, 0.2) is 11.5 Å². The molecule has 24 heavy (non-hydrogen) atoms. The fraction of sp³-hybridized carbons (Fsp3) is 0.235. The summed E-state index contributed by atoms with van der Waals surface area (Å²) < 4.78 is 11.2. The number of ether oxygens (including phenoxy) is 2. The van der Waals surface area contributed by atoms with Crippen molar-refractivity contribution in [2.24, 2.45) is 0 Å². The number of nitrogens with one attached hydrogen (secondary N) is 1. The summed E-state index contributed by atoms with van der Waals surface area (Å²) in [5.41, 5.74) is 1.19. The lowest BCUT2D eigenvalue weighted by Gasteiger charge is -2.12. The third kappa shape index (κ3) is 3.89. The van der Waals surface area contributed by atoms with Gasteiger partial charge in [-0.3, -0.25) is 4.79 Å². The molecule has 4 nitrogen and oxygen atoms in total. The van der Waals surface area contributed by atoms with Gasteiger partial charge in [-0.15, -0.1) is 0 Å². The minimum Gasteiger partial charge on any atom is -0.489 e. The first-order chi connectivity index (χ1) is 11.5. The maximum Gasteiger partial charge on any atom is 0.228 e. The molecule has 1 heterocycles. The van der Waals surface area contributed by atoms with Crippen molar-refractivity contribution in [3.8, 4) is 11.5 Å². The summed E-state index contributed by atoms with van der Waals surface area (Å²) >= 11 is 18.3. The van der Waals surface area contributed by atoms with Crippen molar-refractivity contribution in [2.45, 2.75) is 12.8 Å². The van der Waals surface area contributed by atoms with Crippen LogP contribution in [0.3, 0.4) is 0 Å². The zero-order valence-corrected chi connectivity index (χ0v) is 14.8. The first kappa shape index (κ1) is 17.2. The summed E-state index contributed by atoms with van der Waals surface area (Å²) in [6.45, 7) is 1.11. The molecule has 0 fully saturated rings. The Hall–Kier alpha value is -1.62. The Kier molecular flexibility index (Phi) is 5.39. The van der Waals surface area contributed by atoms with Gasteiger partial charge >= 0.3 is 0 Å². The lowest BCUT2D eigenvalue weighted by Crippen LogP contribution is -2.15. The highest BCUT2D eigenvalue weighted by Crippen LogP contribution is 2.38. The molecule has 7 heteroatoms. The number of fused-ring (bicyclic) bond motifs is 1. The summed E-state index contributed by atoms with van der Waals surface area (Å²) in [5.74, 6) is 0.851. The van der Waals surface area contributed by atoms with Gasteiger partial charge in [-0.25, -0.2) is 0 Å². The molecule has 126 valence electrons. The number of halogens is 3. The SMILES string of the molecule is O=C(Cc1cc(Cl)c2c(c1)OCCCO2)Nc1cccc(Cl)c1Cl. The van der Waals surface area contributed by atoms with Crippen LogP contribution in [0.15, 0.2) is 30.3 Å². The van der Waals surface area contributed by atoms with Crippen molar-refractivity contribution in [1.82, 2.24) is 0 Å². The number of benzene rings is 2. The molecule has 0 saturated carbocycles. The summed E-state index contributed by atoms with van der Waals surface area (Å²) in [5, 5.41) is 3.86. The molecular weight excluding hydrogens is 373 g/mol. The van der Waals surface area contributed by atoms with E-state index in [2.05, 4.69) is 5.32 Å². The van der Waals surface area contributed by atoms with Gasteiger partial charge in [0.05, 0.1) is 40.4 Å². The molecule has 2 aromatic rings. The van der Waals surface area contributed by atoms with E-state index in [9.17, 15) is 4.79 Å². The van der Waals surface area contributed by atoms with Crippen molar-refractivity contribution in [3.63, 3.8) is 0 Å². The van der Waals surface area contributed by atoms with Crippen LogP contribution in [0.4, 0.5) is 5.69 Å². The van der Waals surface area contributed by atoms with Gasteiger partial charge in [-0.2, -0.15) is 0 Å². The van der Waals surface area contributed by atoms with E-state index in [1.54, 1.807) is 30.3 Å². The summed E-state index contributed by atoms with van der Waals surface area (Å²) in [7, 11) is 0. The fourth-order valence-electron chi connectivity index (χ4n) is 2.37. The van der Waals surface area contributed by atoms with Crippen LogP contribution in [0, 0.1) is 0 Å². The van der Waals surface area contributed by atoms with Gasteiger partial charge in [0.2, 0.25) is 5.91 Å². The van der Waals surface area contributed by atoms with E-state index in [1.807, 2.05) is 0 Å². The number of carbonyl (C=O) groups is 1. The van der Waals surface area contributed by atoms with Crippen molar-refractivity contribution in [3.05, 3.63) is 51.0 Å². The fourth-order valence-corrected chi connectivity index (χ4v) is 3.00. The van der Waals surface area contributed by atoms with Crippen LogP contribution in [-0.4, -0.2) is 19.1 Å². The molecule has 0 unspecified atom stereocenters. The van der Waals surface area contributed by atoms with Crippen molar-refractivity contribution >= 4 is 46.4 Å². The number of anilines is 1. The number of hydrogen-bond acceptors (Lipinski definition) is 3. The van der Waals surface area contributed by atoms with Gasteiger partial charge in [-0.1, -0.05) is 40.9 Å². The van der Waals surface area contributed by atoms with Crippen LogP contribution in [0.5, 0.6) is 11.5 Å². The average molecular weight is 387 g/mol. The molecule has 1 aliphatic rings. The Morgan fingerprint density at radius 1 is 1.08 bits per heavy atom. The maximum atomic E-state index is 12.3. The molecular formula is C17H14Cl3NO3. The Bertz CT molecular complexity index is 780. The minimum atomic E-state index is -0.232. The molecule has 0 spiro atoms. The summed E-state index contributed by atoms with van der Waals surface area (Å²) in [4.78, 5) is 12.3. The number of hydrogen-bond donors (Lipinski definition) is 1. The van der Waals surface area contributed by atoms with Crippen molar-refractivity contribution < 1.29 is 14.3 Å². The van der Waals surface area contributed by atoms with Crippen LogP contribution in [0.1, 0.15) is 12.0 Å². The van der Waals surface area contributed by atoms with Gasteiger partial charge in [0.1, 0.15) is 0 Å². The van der Waals surface area contributed by atoms with Crippen LogP contribution in [0.2, 0.25) is 15.1 Å². The molecule has 0 saturated heterocycles. The lowest BCUT2D eigenvalue weighted by atomic mass is 10.1. The van der Waals surface area contributed by atoms with Gasteiger partial charge in [-0.05, 0) is 29.8 Å². The average Bonchev–Trinajstić information content (AvgIpc) is 2.77. The topological polar surface area (TPSA) is 47.6 Å². The van der Waals surface area contributed by atoms with Crippen molar-refractivity contribution in [1.29, 1.82) is 0 Å². The first-order valence-corrected chi connectivity index (χ1v) is 8.50. The smallest absolute Gasteiger partial charge is 0.228 e. The molecule has 0 atom stereocenters. The second kappa shape index (κ2) is 7.51. The van der Waals surface area contributed by atoms with Gasteiger partial charge < -0.3 is 14.8 Å². The highest BCUT2D eigenvalue weighted by molar-refractivity contribution is 6.44. The molecule has 0 bridgehead atoms. The highest BCUT2D eigenvalue weighted by Gasteiger charge is 2.17. The predicted molar refractivity (Wildman–Crippen MR) is 95.9 cm³/mol. The van der Waals surface area contributed by atoms with Gasteiger partial charge in [0.25, 0.3) is 0 Å². The Morgan fingerprint density at radius 3 is 2.71 bits per heavy atom. The normalized spacial score (nSPS) is 13.3. The third-order valence-electron chi connectivity index (χ3n) is 3.45. The van der Waals surface area contributed by atoms with E-state index in [0.29, 0.717) is 45.5 Å². The molecule has 2 aromatic carbocycles. The summed E-state index contributed by atoms with van der Waals surface area (Å²) in [6.07, 6.45) is 0.910. The molecule has 1 N–H and O–H groups in total. The standard InChI is InChI=1S/C17H14Cl3NO3/c18-11-3-1-4-13(16(11)20)21-15(22)9-10-7-12(19)17-14(8-10)23-5-2-6-24-17/h1,3-4,7-8H,2,5-6,9H2,(H,21,22). The Labute approximate surface area is 154 Å². The Morgan fingerprint density at radius 2 is 1.88 bits per heavy atom. The maximum absolute atomic E-state index is 12.3. The second-order valence-electron chi connectivity index (χ2n) is 5.28. The predicted octanol–water partition coefficient (Wildman–Crippen LogP) is 4.99. The quantitative estimate of drug-likeness (QED) is 0.808. The Balaban J connectivity index is 1.76. The largest absolute Gasteiger partial charge is 0.489 e. The molecule has 1 amide bonds. The first-order valence-electron chi connectivity index (χ1n) is 7.36. The highest BCUT2D eigenvalue weighted by atomic mass is 35.5. The zero-order valence-electron chi connectivity index (χ0n) is 12.6. The molecule has 0 aromatic heterocycles. The minimum absolute atomic E-state index is 0.124. The monoisotopic (exact) mass is 385 g/mol. The molecule has 1 aliphatic heterocycles. The molecule has 0 radical (unpaired) electrons. The van der Waals surface area contributed by atoms with Crippen LogP contribution < -0.4 is 14.8 Å². The third-order valence-corrected chi connectivity index (χ3v) is 4.55. The van der Waals surface area contributed by atoms with E-state index in [-0.39, 0.29) is 12.3 Å². The van der Waals surface area contributed by atoms with E-state index in [1.165, 1.54) is 0 Å².